The van der Waals surface area contributed by atoms with Gasteiger partial charge < -0.3 is 14.5 Å². The Bertz CT molecular complexity index is 922. The van der Waals surface area contributed by atoms with Crippen molar-refractivity contribution in [3.8, 4) is 17.0 Å². The van der Waals surface area contributed by atoms with Crippen LogP contribution >= 0.6 is 0 Å². The maximum absolute atomic E-state index is 13.4. The summed E-state index contributed by atoms with van der Waals surface area (Å²) in [5.74, 6) is 1.85. The molecule has 3 aliphatic heterocycles. The Morgan fingerprint density at radius 1 is 1.21 bits per heavy atom. The van der Waals surface area contributed by atoms with Crippen molar-refractivity contribution in [2.75, 3.05) is 26.7 Å². The van der Waals surface area contributed by atoms with Crippen molar-refractivity contribution in [2.24, 2.45) is 11.8 Å². The van der Waals surface area contributed by atoms with Crippen LogP contribution in [0.1, 0.15) is 36.0 Å². The van der Waals surface area contributed by atoms with Crippen molar-refractivity contribution in [3.05, 3.63) is 36.0 Å². The molecule has 1 N–H and O–H groups in total. The van der Waals surface area contributed by atoms with E-state index >= 15 is 0 Å². The molecule has 1 aromatic heterocycles. The Morgan fingerprint density at radius 2 is 2.03 bits per heavy atom. The molecule has 2 amide bonds. The van der Waals surface area contributed by atoms with E-state index in [0.29, 0.717) is 42.3 Å². The number of fused-ring (bicyclic) bond motifs is 4. The Morgan fingerprint density at radius 3 is 2.83 bits per heavy atom. The molecule has 3 fully saturated rings. The number of H-pyrrole nitrogens is 1. The molecule has 3 atom stereocenters. The smallest absolute Gasteiger partial charge is 0.257 e. The summed E-state index contributed by atoms with van der Waals surface area (Å²) in [5, 5.41) is 7.14. The maximum atomic E-state index is 13.4. The fraction of sp³-hybridized carbons (Fsp3) is 0.500. The summed E-state index contributed by atoms with van der Waals surface area (Å²) >= 11 is 0. The number of amides is 2. The number of benzene rings is 1. The van der Waals surface area contributed by atoms with Gasteiger partial charge >= 0.3 is 0 Å². The SMILES string of the molecule is COc1ccc(-c2[nH]ncc2C(=O)N2C[C@H]3C[C@@H](C2)[C@H]2CCCC(=O)N2C3)cc1. The Labute approximate surface area is 170 Å². The average molecular weight is 394 g/mol. The molecule has 4 heterocycles. The molecule has 0 spiro atoms. The first-order valence-corrected chi connectivity index (χ1v) is 10.4. The summed E-state index contributed by atoms with van der Waals surface area (Å²) in [6, 6.07) is 7.92. The van der Waals surface area contributed by atoms with E-state index in [1.165, 1.54) is 0 Å². The van der Waals surface area contributed by atoms with E-state index in [0.717, 1.165) is 49.4 Å². The van der Waals surface area contributed by atoms with Crippen LogP contribution in [0, 0.1) is 11.8 Å². The average Bonchev–Trinajstić information content (AvgIpc) is 3.24. The molecule has 152 valence electrons. The first-order chi connectivity index (χ1) is 14.1. The lowest BCUT2D eigenvalue weighted by Gasteiger charge is -2.52. The summed E-state index contributed by atoms with van der Waals surface area (Å²) < 4.78 is 5.22. The summed E-state index contributed by atoms with van der Waals surface area (Å²) in [6.07, 6.45) is 5.46. The number of aromatic amines is 1. The molecule has 7 heteroatoms. The first kappa shape index (κ1) is 18.2. The van der Waals surface area contributed by atoms with Crippen molar-refractivity contribution in [1.29, 1.82) is 0 Å². The molecule has 7 nitrogen and oxygen atoms in total. The van der Waals surface area contributed by atoms with E-state index < -0.39 is 0 Å². The molecule has 2 bridgehead atoms. The molecule has 2 aromatic rings. The van der Waals surface area contributed by atoms with Crippen LogP contribution in [0.5, 0.6) is 5.75 Å². The summed E-state index contributed by atoms with van der Waals surface area (Å²) in [7, 11) is 1.63. The number of nitrogens with one attached hydrogen (secondary N) is 1. The number of nitrogens with zero attached hydrogens (tertiary/aromatic N) is 3. The van der Waals surface area contributed by atoms with Crippen molar-refractivity contribution < 1.29 is 14.3 Å². The third-order valence-corrected chi connectivity index (χ3v) is 6.72. The van der Waals surface area contributed by atoms with E-state index in [1.54, 1.807) is 13.3 Å². The topological polar surface area (TPSA) is 78.5 Å². The van der Waals surface area contributed by atoms with E-state index in [2.05, 4.69) is 15.1 Å². The lowest BCUT2D eigenvalue weighted by Crippen LogP contribution is -2.61. The lowest BCUT2D eigenvalue weighted by atomic mass is 9.76. The number of carbonyl (C=O) groups is 2. The number of hydrogen-bond donors (Lipinski definition) is 1. The van der Waals surface area contributed by atoms with Crippen LogP contribution in [0.25, 0.3) is 11.3 Å². The quantitative estimate of drug-likeness (QED) is 0.868. The maximum Gasteiger partial charge on any atom is 0.257 e. The minimum Gasteiger partial charge on any atom is -0.497 e. The number of hydrogen-bond acceptors (Lipinski definition) is 4. The second-order valence-electron chi connectivity index (χ2n) is 8.46. The zero-order valence-electron chi connectivity index (χ0n) is 16.6. The summed E-state index contributed by atoms with van der Waals surface area (Å²) in [5.41, 5.74) is 2.25. The van der Waals surface area contributed by atoms with Gasteiger partial charge in [0.05, 0.1) is 24.6 Å². The van der Waals surface area contributed by atoms with Crippen molar-refractivity contribution in [2.45, 2.75) is 31.7 Å². The van der Waals surface area contributed by atoms with Gasteiger partial charge in [0.2, 0.25) is 5.91 Å². The largest absolute Gasteiger partial charge is 0.497 e. The van der Waals surface area contributed by atoms with Crippen LogP contribution < -0.4 is 4.74 Å². The summed E-state index contributed by atoms with van der Waals surface area (Å²) in [6.45, 7) is 2.22. The van der Waals surface area contributed by atoms with Crippen LogP contribution in [0.15, 0.2) is 30.5 Å². The molecule has 3 saturated heterocycles. The number of piperidine rings is 3. The van der Waals surface area contributed by atoms with Gasteiger partial charge in [-0.2, -0.15) is 5.10 Å². The van der Waals surface area contributed by atoms with Crippen molar-refractivity contribution in [1.82, 2.24) is 20.0 Å². The second kappa shape index (κ2) is 7.21. The molecule has 29 heavy (non-hydrogen) atoms. The van der Waals surface area contributed by atoms with Crippen LogP contribution in [-0.2, 0) is 4.79 Å². The number of ether oxygens (including phenoxy) is 1. The van der Waals surface area contributed by atoms with Gasteiger partial charge in [-0.05, 0) is 55.4 Å². The highest BCUT2D eigenvalue weighted by atomic mass is 16.5. The zero-order chi connectivity index (χ0) is 20.0. The van der Waals surface area contributed by atoms with E-state index in [1.807, 2.05) is 29.2 Å². The van der Waals surface area contributed by atoms with Gasteiger partial charge in [0.15, 0.2) is 0 Å². The monoisotopic (exact) mass is 394 g/mol. The van der Waals surface area contributed by atoms with Gasteiger partial charge in [0.25, 0.3) is 5.91 Å². The number of aromatic nitrogens is 2. The van der Waals surface area contributed by atoms with Gasteiger partial charge in [-0.25, -0.2) is 0 Å². The van der Waals surface area contributed by atoms with E-state index in [4.69, 9.17) is 4.74 Å². The van der Waals surface area contributed by atoms with Crippen molar-refractivity contribution in [3.63, 3.8) is 0 Å². The Hall–Kier alpha value is -2.83. The molecule has 1 aromatic carbocycles. The third kappa shape index (κ3) is 3.18. The Balaban J connectivity index is 1.37. The number of carbonyl (C=O) groups excluding carboxylic acids is 2. The molecule has 0 radical (unpaired) electrons. The van der Waals surface area contributed by atoms with Crippen LogP contribution in [0.3, 0.4) is 0 Å². The fourth-order valence-electron chi connectivity index (χ4n) is 5.37. The molecule has 0 aliphatic carbocycles. The predicted molar refractivity (Wildman–Crippen MR) is 107 cm³/mol. The fourth-order valence-corrected chi connectivity index (χ4v) is 5.37. The molecular formula is C22H26N4O3. The number of methoxy groups -OCH3 is 1. The first-order valence-electron chi connectivity index (χ1n) is 10.4. The van der Waals surface area contributed by atoms with E-state index in [9.17, 15) is 9.59 Å². The summed E-state index contributed by atoms with van der Waals surface area (Å²) in [4.78, 5) is 29.8. The van der Waals surface area contributed by atoms with Gasteiger partial charge in [-0.1, -0.05) is 0 Å². The van der Waals surface area contributed by atoms with Gasteiger partial charge in [0.1, 0.15) is 5.75 Å². The van der Waals surface area contributed by atoms with Gasteiger partial charge in [0, 0.05) is 37.7 Å². The molecule has 3 aliphatic rings. The normalized spacial score (nSPS) is 26.2. The van der Waals surface area contributed by atoms with Gasteiger partial charge in [-0.3, -0.25) is 14.7 Å². The highest BCUT2D eigenvalue weighted by Crippen LogP contribution is 2.38. The molecule has 0 unspecified atom stereocenters. The number of likely N-dealkylation sites (tertiary alicyclic amines) is 1. The number of rotatable bonds is 3. The van der Waals surface area contributed by atoms with E-state index in [-0.39, 0.29) is 5.91 Å². The minimum absolute atomic E-state index is 0.0230. The molecule has 5 rings (SSSR count). The predicted octanol–water partition coefficient (Wildman–Crippen LogP) is 2.56. The highest BCUT2D eigenvalue weighted by Gasteiger charge is 2.45. The highest BCUT2D eigenvalue weighted by molar-refractivity contribution is 5.99. The van der Waals surface area contributed by atoms with Crippen LogP contribution in [0.2, 0.25) is 0 Å². The van der Waals surface area contributed by atoms with Crippen molar-refractivity contribution >= 4 is 11.8 Å². The standard InChI is InChI=1S/C22H26N4O3/c1-29-17-7-5-15(6-8-17)21-18(10-23-24-21)22(28)25-11-14-9-16(13-25)19-3-2-4-20(27)26(19)12-14/h5-8,10,14,16,19H,2-4,9,11-13H2,1H3,(H,23,24)/t14-,16+,19-/m1/s1. The second-order valence-corrected chi connectivity index (χ2v) is 8.46. The zero-order valence-corrected chi connectivity index (χ0v) is 16.6. The molecular weight excluding hydrogens is 368 g/mol. The third-order valence-electron chi connectivity index (χ3n) is 6.72. The lowest BCUT2D eigenvalue weighted by molar-refractivity contribution is -0.144. The molecule has 0 saturated carbocycles. The van der Waals surface area contributed by atoms with Crippen LogP contribution in [-0.4, -0.2) is 64.6 Å². The van der Waals surface area contributed by atoms with Gasteiger partial charge in [-0.15, -0.1) is 0 Å². The van der Waals surface area contributed by atoms with Crippen LogP contribution in [0.4, 0.5) is 0 Å². The Kier molecular flexibility index (Phi) is 4.53. The minimum atomic E-state index is 0.0230.